The molecule has 2 rings (SSSR count). The zero-order valence-corrected chi connectivity index (χ0v) is 11.3. The van der Waals surface area contributed by atoms with Gasteiger partial charge in [-0.25, -0.2) is 0 Å². The van der Waals surface area contributed by atoms with Crippen LogP contribution in [0.1, 0.15) is 24.8 Å². The van der Waals surface area contributed by atoms with Crippen molar-refractivity contribution in [2.24, 2.45) is 0 Å². The summed E-state index contributed by atoms with van der Waals surface area (Å²) in [6.07, 6.45) is 1.81. The average molecular weight is 263 g/mol. The van der Waals surface area contributed by atoms with Crippen LogP contribution in [-0.4, -0.2) is 37.4 Å². The molecular weight excluding hydrogens is 242 g/mol. The topological polar surface area (TPSA) is 58.6 Å². The Morgan fingerprint density at radius 2 is 2.11 bits per heavy atom. The molecule has 0 bridgehead atoms. The Balaban J connectivity index is 1.84. The first-order chi connectivity index (χ1) is 9.19. The lowest BCUT2D eigenvalue weighted by molar-refractivity contribution is -0.123. The first-order valence-electron chi connectivity index (χ1n) is 6.70. The third-order valence-electron chi connectivity index (χ3n) is 3.63. The predicted octanol–water partition coefficient (Wildman–Crippen LogP) is 1.23. The van der Waals surface area contributed by atoms with Crippen LogP contribution >= 0.6 is 0 Å². The number of aliphatic hydroxyl groups excluding tert-OH is 1. The van der Waals surface area contributed by atoms with Crippen LogP contribution in [0.5, 0.6) is 0 Å². The highest BCUT2D eigenvalue weighted by Gasteiger charge is 2.50. The van der Waals surface area contributed by atoms with Gasteiger partial charge in [0.1, 0.15) is 0 Å². The standard InChI is InChI=1S/C15H21NO3/c1-19-11-13(17)7-10-16-14(18)15(8-9-15)12-5-3-2-4-6-12/h2-6,13,17H,7-11H2,1H3,(H,16,18). The Morgan fingerprint density at radius 1 is 1.42 bits per heavy atom. The van der Waals surface area contributed by atoms with Gasteiger partial charge in [-0.1, -0.05) is 30.3 Å². The van der Waals surface area contributed by atoms with E-state index in [1.165, 1.54) is 0 Å². The smallest absolute Gasteiger partial charge is 0.230 e. The van der Waals surface area contributed by atoms with Crippen molar-refractivity contribution in [1.29, 1.82) is 0 Å². The van der Waals surface area contributed by atoms with Gasteiger partial charge < -0.3 is 15.2 Å². The number of benzene rings is 1. The molecule has 1 unspecified atom stereocenters. The Hall–Kier alpha value is -1.39. The number of rotatable bonds is 7. The molecule has 1 aliphatic rings. The predicted molar refractivity (Wildman–Crippen MR) is 72.9 cm³/mol. The maximum absolute atomic E-state index is 12.2. The number of methoxy groups -OCH3 is 1. The summed E-state index contributed by atoms with van der Waals surface area (Å²) in [5, 5.41) is 12.4. The number of aliphatic hydroxyl groups is 1. The molecule has 0 heterocycles. The molecule has 2 N–H and O–H groups in total. The van der Waals surface area contributed by atoms with Crippen LogP contribution in [0.2, 0.25) is 0 Å². The van der Waals surface area contributed by atoms with Crippen LogP contribution < -0.4 is 5.32 Å². The molecule has 0 saturated heterocycles. The molecule has 1 atom stereocenters. The minimum atomic E-state index is -0.517. The van der Waals surface area contributed by atoms with Crippen molar-refractivity contribution in [3.63, 3.8) is 0 Å². The second-order valence-electron chi connectivity index (χ2n) is 5.10. The molecule has 4 heteroatoms. The molecule has 0 aromatic heterocycles. The molecular formula is C15H21NO3. The van der Waals surface area contributed by atoms with Crippen LogP contribution in [0.3, 0.4) is 0 Å². The highest BCUT2D eigenvalue weighted by molar-refractivity contribution is 5.91. The van der Waals surface area contributed by atoms with Crippen molar-refractivity contribution in [2.45, 2.75) is 30.8 Å². The van der Waals surface area contributed by atoms with E-state index in [2.05, 4.69) is 5.32 Å². The molecule has 0 radical (unpaired) electrons. The quantitative estimate of drug-likeness (QED) is 0.778. The normalized spacial score (nSPS) is 17.8. The third-order valence-corrected chi connectivity index (χ3v) is 3.63. The van der Waals surface area contributed by atoms with Crippen molar-refractivity contribution in [3.05, 3.63) is 35.9 Å². The third kappa shape index (κ3) is 3.33. The summed E-state index contributed by atoms with van der Waals surface area (Å²) in [5.74, 6) is 0.0725. The monoisotopic (exact) mass is 263 g/mol. The van der Waals surface area contributed by atoms with E-state index in [1.807, 2.05) is 30.3 Å². The minimum Gasteiger partial charge on any atom is -0.391 e. The Kier molecular flexibility index (Phi) is 4.56. The summed E-state index contributed by atoms with van der Waals surface area (Å²) in [4.78, 5) is 12.2. The van der Waals surface area contributed by atoms with Gasteiger partial charge in [0, 0.05) is 13.7 Å². The molecule has 19 heavy (non-hydrogen) atoms. The van der Waals surface area contributed by atoms with Crippen molar-refractivity contribution >= 4 is 5.91 Å². The molecule has 1 aliphatic carbocycles. The number of carbonyl (C=O) groups is 1. The second kappa shape index (κ2) is 6.17. The molecule has 104 valence electrons. The highest BCUT2D eigenvalue weighted by atomic mass is 16.5. The Labute approximate surface area is 113 Å². The lowest BCUT2D eigenvalue weighted by atomic mass is 9.95. The van der Waals surface area contributed by atoms with Crippen molar-refractivity contribution in [2.75, 3.05) is 20.3 Å². The molecule has 1 aromatic rings. The maximum atomic E-state index is 12.2. The SMILES string of the molecule is COCC(O)CCNC(=O)C1(c2ccccc2)CC1. The zero-order valence-electron chi connectivity index (χ0n) is 11.3. The number of nitrogens with one attached hydrogen (secondary N) is 1. The summed E-state index contributed by atoms with van der Waals surface area (Å²) in [5.41, 5.74) is 0.762. The highest BCUT2D eigenvalue weighted by Crippen LogP contribution is 2.48. The van der Waals surface area contributed by atoms with Gasteiger partial charge in [0.15, 0.2) is 0 Å². The molecule has 1 saturated carbocycles. The van der Waals surface area contributed by atoms with E-state index >= 15 is 0 Å². The summed E-state index contributed by atoms with van der Waals surface area (Å²) in [6.45, 7) is 0.789. The van der Waals surface area contributed by atoms with E-state index < -0.39 is 6.10 Å². The average Bonchev–Trinajstić information content (AvgIpc) is 3.21. The Morgan fingerprint density at radius 3 is 2.68 bits per heavy atom. The van der Waals surface area contributed by atoms with Crippen LogP contribution in [0, 0.1) is 0 Å². The van der Waals surface area contributed by atoms with Gasteiger partial charge in [-0.15, -0.1) is 0 Å². The summed E-state index contributed by atoms with van der Waals surface area (Å²) in [7, 11) is 1.55. The van der Waals surface area contributed by atoms with E-state index in [9.17, 15) is 9.90 Å². The molecule has 0 aliphatic heterocycles. The van der Waals surface area contributed by atoms with Crippen LogP contribution in [0.4, 0.5) is 0 Å². The fourth-order valence-electron chi connectivity index (χ4n) is 2.33. The van der Waals surface area contributed by atoms with Gasteiger partial charge >= 0.3 is 0 Å². The summed E-state index contributed by atoms with van der Waals surface area (Å²) in [6, 6.07) is 9.90. The van der Waals surface area contributed by atoms with Gasteiger partial charge in [0.05, 0.1) is 18.1 Å². The Bertz CT molecular complexity index is 415. The van der Waals surface area contributed by atoms with Crippen LogP contribution in [0.25, 0.3) is 0 Å². The van der Waals surface area contributed by atoms with Crippen LogP contribution in [0.15, 0.2) is 30.3 Å². The van der Waals surface area contributed by atoms with Gasteiger partial charge in [0.25, 0.3) is 0 Å². The minimum absolute atomic E-state index is 0.0725. The summed E-state index contributed by atoms with van der Waals surface area (Å²) < 4.78 is 4.85. The van der Waals surface area contributed by atoms with E-state index in [0.29, 0.717) is 19.6 Å². The lowest BCUT2D eigenvalue weighted by Crippen LogP contribution is -2.36. The number of amides is 1. The molecule has 0 spiro atoms. The molecule has 1 amide bonds. The van der Waals surface area contributed by atoms with E-state index in [0.717, 1.165) is 18.4 Å². The van der Waals surface area contributed by atoms with Crippen molar-refractivity contribution in [1.82, 2.24) is 5.32 Å². The molecule has 4 nitrogen and oxygen atoms in total. The second-order valence-corrected chi connectivity index (χ2v) is 5.10. The number of ether oxygens (including phenoxy) is 1. The fraction of sp³-hybridized carbons (Fsp3) is 0.533. The number of carbonyl (C=O) groups excluding carboxylic acids is 1. The molecule has 1 fully saturated rings. The van der Waals surface area contributed by atoms with Crippen molar-refractivity contribution in [3.8, 4) is 0 Å². The fourth-order valence-corrected chi connectivity index (χ4v) is 2.33. The largest absolute Gasteiger partial charge is 0.391 e. The zero-order chi connectivity index (χ0) is 13.7. The first-order valence-corrected chi connectivity index (χ1v) is 6.70. The van der Waals surface area contributed by atoms with Crippen LogP contribution in [-0.2, 0) is 14.9 Å². The lowest BCUT2D eigenvalue weighted by Gasteiger charge is -2.16. The van der Waals surface area contributed by atoms with E-state index in [1.54, 1.807) is 7.11 Å². The molecule has 1 aromatic carbocycles. The summed E-state index contributed by atoms with van der Waals surface area (Å²) >= 11 is 0. The van der Waals surface area contributed by atoms with Gasteiger partial charge in [0.2, 0.25) is 5.91 Å². The number of hydrogen-bond donors (Lipinski definition) is 2. The number of hydrogen-bond acceptors (Lipinski definition) is 3. The van der Waals surface area contributed by atoms with Gasteiger partial charge in [-0.2, -0.15) is 0 Å². The van der Waals surface area contributed by atoms with E-state index in [4.69, 9.17) is 4.74 Å². The van der Waals surface area contributed by atoms with Crippen molar-refractivity contribution < 1.29 is 14.6 Å². The first kappa shape index (κ1) is 14.0. The maximum Gasteiger partial charge on any atom is 0.230 e. The van der Waals surface area contributed by atoms with E-state index in [-0.39, 0.29) is 11.3 Å². The van der Waals surface area contributed by atoms with Gasteiger partial charge in [-0.05, 0) is 24.8 Å². The van der Waals surface area contributed by atoms with Gasteiger partial charge in [-0.3, -0.25) is 4.79 Å².